The molecule has 0 amide bonds. The quantitative estimate of drug-likeness (QED) is 0.775. The van der Waals surface area contributed by atoms with Crippen molar-refractivity contribution in [2.45, 2.75) is 18.8 Å². The minimum Gasteiger partial charge on any atom is -0.287 e. The van der Waals surface area contributed by atoms with Gasteiger partial charge in [0.2, 0.25) is 0 Å². The van der Waals surface area contributed by atoms with E-state index >= 15 is 0 Å². The van der Waals surface area contributed by atoms with Crippen LogP contribution in [0.25, 0.3) is 0 Å². The Morgan fingerprint density at radius 1 is 1.00 bits per heavy atom. The monoisotopic (exact) mass is 240 g/mol. The van der Waals surface area contributed by atoms with Gasteiger partial charge in [-0.1, -0.05) is 30.3 Å². The normalized spacial score (nSPS) is 10.3. The number of hydrogen-bond acceptors (Lipinski definition) is 2. The minimum absolute atomic E-state index is 0.110. The average molecular weight is 240 g/mol. The van der Waals surface area contributed by atoms with Gasteiger partial charge >= 0.3 is 0 Å². The van der Waals surface area contributed by atoms with Gasteiger partial charge in [0.25, 0.3) is 0 Å². The summed E-state index contributed by atoms with van der Waals surface area (Å²) in [6.07, 6.45) is 0.527. The predicted octanol–water partition coefficient (Wildman–Crippen LogP) is 2.46. The summed E-state index contributed by atoms with van der Waals surface area (Å²) < 4.78 is 0. The number of hydrogen-bond donors (Lipinski definition) is 2. The molecule has 0 bridgehead atoms. The Morgan fingerprint density at radius 3 is 1.87 bits per heavy atom. The van der Waals surface area contributed by atoms with Crippen molar-refractivity contribution in [2.75, 3.05) is 0 Å². The minimum atomic E-state index is -0.210. The van der Waals surface area contributed by atoms with Crippen LogP contribution in [0.2, 0.25) is 0 Å². The zero-order chi connectivity index (χ0) is 11.3. The van der Waals surface area contributed by atoms with Gasteiger partial charge in [0.1, 0.15) is 0 Å². The van der Waals surface area contributed by atoms with Gasteiger partial charge < -0.3 is 0 Å². The van der Waals surface area contributed by atoms with Crippen LogP contribution >= 0.6 is 25.3 Å². The second kappa shape index (κ2) is 5.98. The third-order valence-electron chi connectivity index (χ3n) is 2.11. The standard InChI is InChI=1S/C11H12O2S2/c12-10(14)6-9(7-11(13)15)8-4-2-1-3-5-8/h1-5,9H,6-7H2,(H,12,14)(H,13,15). The zero-order valence-electron chi connectivity index (χ0n) is 8.09. The third kappa shape index (κ3) is 4.53. The zero-order valence-corrected chi connectivity index (χ0v) is 9.88. The van der Waals surface area contributed by atoms with E-state index in [-0.39, 0.29) is 29.0 Å². The van der Waals surface area contributed by atoms with Crippen LogP contribution in [0.1, 0.15) is 24.3 Å². The highest BCUT2D eigenvalue weighted by Gasteiger charge is 2.16. The second-order valence-corrected chi connectivity index (χ2v) is 4.30. The first-order valence-corrected chi connectivity index (χ1v) is 5.47. The molecule has 2 nitrogen and oxygen atoms in total. The Morgan fingerprint density at radius 2 is 1.47 bits per heavy atom. The van der Waals surface area contributed by atoms with E-state index in [1.54, 1.807) is 0 Å². The molecule has 0 aliphatic carbocycles. The summed E-state index contributed by atoms with van der Waals surface area (Å²) in [4.78, 5) is 21.9. The first-order valence-electron chi connectivity index (χ1n) is 4.58. The first-order chi connectivity index (χ1) is 7.09. The Bertz CT molecular complexity index is 333. The van der Waals surface area contributed by atoms with Crippen LogP contribution in [0.15, 0.2) is 30.3 Å². The summed E-state index contributed by atoms with van der Waals surface area (Å²) in [5.41, 5.74) is 0.974. The molecule has 0 heterocycles. The van der Waals surface area contributed by atoms with Crippen molar-refractivity contribution < 1.29 is 9.59 Å². The van der Waals surface area contributed by atoms with E-state index in [0.29, 0.717) is 0 Å². The molecule has 1 rings (SSSR count). The fourth-order valence-electron chi connectivity index (χ4n) is 1.45. The van der Waals surface area contributed by atoms with Crippen molar-refractivity contribution >= 4 is 35.5 Å². The van der Waals surface area contributed by atoms with Crippen molar-refractivity contribution in [2.24, 2.45) is 0 Å². The highest BCUT2D eigenvalue weighted by atomic mass is 32.1. The molecule has 0 radical (unpaired) electrons. The largest absolute Gasteiger partial charge is 0.287 e. The second-order valence-electron chi connectivity index (χ2n) is 3.30. The van der Waals surface area contributed by atoms with Gasteiger partial charge in [-0.15, -0.1) is 25.3 Å². The molecule has 0 atom stereocenters. The smallest absolute Gasteiger partial charge is 0.186 e. The van der Waals surface area contributed by atoms with E-state index in [1.807, 2.05) is 30.3 Å². The Kier molecular flexibility index (Phi) is 4.91. The van der Waals surface area contributed by atoms with Gasteiger partial charge in [-0.25, -0.2) is 0 Å². The van der Waals surface area contributed by atoms with E-state index < -0.39 is 0 Å². The van der Waals surface area contributed by atoms with Crippen molar-refractivity contribution in [1.29, 1.82) is 0 Å². The van der Waals surface area contributed by atoms with Crippen molar-refractivity contribution in [3.05, 3.63) is 35.9 Å². The Balaban J connectivity index is 2.81. The first kappa shape index (κ1) is 12.3. The molecule has 80 valence electrons. The van der Waals surface area contributed by atoms with Crippen molar-refractivity contribution in [3.63, 3.8) is 0 Å². The number of carbonyl (C=O) groups is 2. The van der Waals surface area contributed by atoms with Crippen molar-refractivity contribution in [3.8, 4) is 0 Å². The number of benzene rings is 1. The highest BCUT2D eigenvalue weighted by molar-refractivity contribution is 7.96. The predicted molar refractivity (Wildman–Crippen MR) is 66.4 cm³/mol. The maximum atomic E-state index is 10.9. The van der Waals surface area contributed by atoms with Gasteiger partial charge in [0.15, 0.2) is 10.2 Å². The lowest BCUT2D eigenvalue weighted by atomic mass is 9.93. The van der Waals surface area contributed by atoms with E-state index in [1.165, 1.54) is 0 Å². The van der Waals surface area contributed by atoms with Gasteiger partial charge in [-0.3, -0.25) is 9.59 Å². The average Bonchev–Trinajstić information content (AvgIpc) is 2.17. The lowest BCUT2D eigenvalue weighted by Gasteiger charge is -2.13. The molecule has 15 heavy (non-hydrogen) atoms. The number of carbonyl (C=O) groups excluding carboxylic acids is 2. The summed E-state index contributed by atoms with van der Waals surface area (Å²) >= 11 is 7.47. The molecule has 1 aromatic carbocycles. The van der Waals surface area contributed by atoms with Gasteiger partial charge in [-0.2, -0.15) is 0 Å². The molecular weight excluding hydrogens is 228 g/mol. The Hall–Kier alpha value is -0.740. The molecule has 0 spiro atoms. The summed E-state index contributed by atoms with van der Waals surface area (Å²) in [6, 6.07) is 9.46. The summed E-state index contributed by atoms with van der Waals surface area (Å²) in [6.45, 7) is 0. The molecule has 0 aromatic heterocycles. The highest BCUT2D eigenvalue weighted by Crippen LogP contribution is 2.25. The molecule has 0 aliphatic heterocycles. The van der Waals surface area contributed by atoms with Crippen LogP contribution in [0.4, 0.5) is 0 Å². The molecule has 0 saturated heterocycles. The molecule has 1 aromatic rings. The maximum Gasteiger partial charge on any atom is 0.186 e. The fourth-order valence-corrected chi connectivity index (χ4v) is 1.90. The molecular formula is C11H12O2S2. The van der Waals surface area contributed by atoms with Gasteiger partial charge in [-0.05, 0) is 11.5 Å². The van der Waals surface area contributed by atoms with Crippen LogP contribution < -0.4 is 0 Å². The molecule has 0 N–H and O–H groups in total. The lowest BCUT2D eigenvalue weighted by molar-refractivity contribution is -0.112. The number of thiol groups is 2. The molecule has 0 saturated carbocycles. The van der Waals surface area contributed by atoms with Crippen LogP contribution in [-0.2, 0) is 9.59 Å². The molecule has 0 fully saturated rings. The SMILES string of the molecule is O=C(S)CC(CC(=O)S)c1ccccc1. The van der Waals surface area contributed by atoms with Crippen LogP contribution in [0.5, 0.6) is 0 Å². The van der Waals surface area contributed by atoms with E-state index in [4.69, 9.17) is 0 Å². The van der Waals surface area contributed by atoms with Crippen LogP contribution in [0, 0.1) is 0 Å². The van der Waals surface area contributed by atoms with Crippen LogP contribution in [0.3, 0.4) is 0 Å². The molecule has 0 aliphatic rings. The summed E-state index contributed by atoms with van der Waals surface area (Å²) in [5, 5.41) is -0.420. The van der Waals surface area contributed by atoms with E-state index in [9.17, 15) is 9.59 Å². The Labute approximate surface area is 99.9 Å². The molecule has 0 unspecified atom stereocenters. The van der Waals surface area contributed by atoms with Gasteiger partial charge in [0.05, 0.1) is 0 Å². The fraction of sp³-hybridized carbons (Fsp3) is 0.273. The van der Waals surface area contributed by atoms with Crippen molar-refractivity contribution in [1.82, 2.24) is 0 Å². The summed E-state index contributed by atoms with van der Waals surface area (Å²) in [5.74, 6) is -0.110. The number of rotatable bonds is 5. The maximum absolute atomic E-state index is 10.9. The van der Waals surface area contributed by atoms with Crippen LogP contribution in [-0.4, -0.2) is 10.2 Å². The van der Waals surface area contributed by atoms with Gasteiger partial charge in [0, 0.05) is 12.8 Å². The van der Waals surface area contributed by atoms with E-state index in [2.05, 4.69) is 25.3 Å². The topological polar surface area (TPSA) is 34.1 Å². The van der Waals surface area contributed by atoms with E-state index in [0.717, 1.165) is 5.56 Å². The third-order valence-corrected chi connectivity index (χ3v) is 2.48. The molecule has 4 heteroatoms. The summed E-state index contributed by atoms with van der Waals surface area (Å²) in [7, 11) is 0. The lowest BCUT2D eigenvalue weighted by Crippen LogP contribution is -2.06.